The Morgan fingerprint density at radius 3 is 2.78 bits per heavy atom. The highest BCUT2D eigenvalue weighted by Gasteiger charge is 2.14. The van der Waals surface area contributed by atoms with Gasteiger partial charge in [0.1, 0.15) is 0 Å². The van der Waals surface area contributed by atoms with Gasteiger partial charge in [-0.25, -0.2) is 0 Å². The van der Waals surface area contributed by atoms with Crippen LogP contribution in [0, 0.1) is 0 Å². The van der Waals surface area contributed by atoms with Gasteiger partial charge in [0, 0.05) is 23.9 Å². The lowest BCUT2D eigenvalue weighted by Gasteiger charge is -2.17. The lowest BCUT2D eigenvalue weighted by molar-refractivity contribution is 0.0712. The SMILES string of the molecule is CN(CCOCCCl)C(=O)c1ccc(Br)cc1Cl. The van der Waals surface area contributed by atoms with Crippen LogP contribution in [0.5, 0.6) is 0 Å². The summed E-state index contributed by atoms with van der Waals surface area (Å²) in [5.41, 5.74) is 0.486. The van der Waals surface area contributed by atoms with Crippen molar-refractivity contribution in [1.82, 2.24) is 4.90 Å². The smallest absolute Gasteiger partial charge is 0.255 e. The molecule has 0 aliphatic carbocycles. The highest BCUT2D eigenvalue weighted by atomic mass is 79.9. The van der Waals surface area contributed by atoms with Crippen molar-refractivity contribution in [1.29, 1.82) is 0 Å². The van der Waals surface area contributed by atoms with E-state index in [-0.39, 0.29) is 5.91 Å². The number of carbonyl (C=O) groups excluding carboxylic acids is 1. The van der Waals surface area contributed by atoms with Crippen molar-refractivity contribution in [2.45, 2.75) is 0 Å². The lowest BCUT2D eigenvalue weighted by atomic mass is 10.2. The number of alkyl halides is 1. The van der Waals surface area contributed by atoms with Crippen LogP contribution in [0.25, 0.3) is 0 Å². The Balaban J connectivity index is 2.57. The summed E-state index contributed by atoms with van der Waals surface area (Å²) in [7, 11) is 1.71. The summed E-state index contributed by atoms with van der Waals surface area (Å²) < 4.78 is 6.07. The van der Waals surface area contributed by atoms with Crippen molar-refractivity contribution in [3.05, 3.63) is 33.3 Å². The fourth-order valence-corrected chi connectivity index (χ4v) is 2.19. The number of hydrogen-bond donors (Lipinski definition) is 0. The van der Waals surface area contributed by atoms with Crippen molar-refractivity contribution in [2.75, 3.05) is 32.7 Å². The fourth-order valence-electron chi connectivity index (χ4n) is 1.33. The first kappa shape index (κ1) is 15.8. The third-order valence-electron chi connectivity index (χ3n) is 2.30. The summed E-state index contributed by atoms with van der Waals surface area (Å²) in [5, 5.41) is 0.433. The normalized spacial score (nSPS) is 10.4. The van der Waals surface area contributed by atoms with Gasteiger partial charge in [-0.05, 0) is 18.2 Å². The standard InChI is InChI=1S/C12H14BrCl2NO2/c1-16(5-7-18-6-4-14)12(17)10-3-2-9(13)8-11(10)15/h2-3,8H,4-7H2,1H3. The molecule has 0 aromatic heterocycles. The fraction of sp³-hybridized carbons (Fsp3) is 0.417. The first-order chi connectivity index (χ1) is 8.56. The number of ether oxygens (including phenoxy) is 1. The molecule has 0 saturated carbocycles. The largest absolute Gasteiger partial charge is 0.378 e. The van der Waals surface area contributed by atoms with E-state index >= 15 is 0 Å². The summed E-state index contributed by atoms with van der Waals surface area (Å²) in [5.74, 6) is 0.331. The van der Waals surface area contributed by atoms with Crippen LogP contribution in [0.3, 0.4) is 0 Å². The lowest BCUT2D eigenvalue weighted by Crippen LogP contribution is -2.30. The second kappa shape index (κ2) is 8.00. The minimum absolute atomic E-state index is 0.123. The monoisotopic (exact) mass is 353 g/mol. The van der Waals surface area contributed by atoms with Gasteiger partial charge in [0.05, 0.1) is 23.8 Å². The molecule has 1 aromatic carbocycles. The molecule has 1 rings (SSSR count). The Kier molecular flexibility index (Phi) is 7.00. The van der Waals surface area contributed by atoms with Crippen molar-refractivity contribution < 1.29 is 9.53 Å². The molecule has 0 bridgehead atoms. The molecule has 3 nitrogen and oxygen atoms in total. The van der Waals surface area contributed by atoms with Gasteiger partial charge in [-0.3, -0.25) is 4.79 Å². The Morgan fingerprint density at radius 1 is 1.44 bits per heavy atom. The zero-order valence-electron chi connectivity index (χ0n) is 9.96. The van der Waals surface area contributed by atoms with E-state index in [1.807, 2.05) is 0 Å². The van der Waals surface area contributed by atoms with Gasteiger partial charge in [0.25, 0.3) is 5.91 Å². The van der Waals surface area contributed by atoms with E-state index < -0.39 is 0 Å². The molecule has 6 heteroatoms. The molecule has 1 amide bonds. The molecule has 0 aliphatic rings. The molecule has 1 aromatic rings. The topological polar surface area (TPSA) is 29.5 Å². The van der Waals surface area contributed by atoms with E-state index in [0.29, 0.717) is 36.2 Å². The molecule has 0 heterocycles. The molecular formula is C12H14BrCl2NO2. The Morgan fingerprint density at radius 2 is 2.17 bits per heavy atom. The van der Waals surface area contributed by atoms with E-state index in [4.69, 9.17) is 27.9 Å². The minimum atomic E-state index is -0.123. The van der Waals surface area contributed by atoms with Crippen LogP contribution in [-0.4, -0.2) is 43.5 Å². The van der Waals surface area contributed by atoms with Crippen LogP contribution >= 0.6 is 39.1 Å². The van der Waals surface area contributed by atoms with Gasteiger partial charge < -0.3 is 9.64 Å². The van der Waals surface area contributed by atoms with Gasteiger partial charge in [0.15, 0.2) is 0 Å². The number of carbonyl (C=O) groups is 1. The maximum Gasteiger partial charge on any atom is 0.255 e. The number of likely N-dealkylation sites (N-methyl/N-ethyl adjacent to an activating group) is 1. The molecular weight excluding hydrogens is 341 g/mol. The quantitative estimate of drug-likeness (QED) is 0.578. The van der Waals surface area contributed by atoms with E-state index in [1.54, 1.807) is 30.1 Å². The first-order valence-corrected chi connectivity index (χ1v) is 7.11. The maximum atomic E-state index is 12.1. The molecule has 0 radical (unpaired) electrons. The van der Waals surface area contributed by atoms with E-state index in [0.717, 1.165) is 4.47 Å². The number of benzene rings is 1. The number of nitrogens with zero attached hydrogens (tertiary/aromatic N) is 1. The molecule has 18 heavy (non-hydrogen) atoms. The zero-order valence-corrected chi connectivity index (χ0v) is 13.1. The average molecular weight is 355 g/mol. The molecule has 0 aliphatic heterocycles. The Labute approximate surface area is 125 Å². The van der Waals surface area contributed by atoms with Crippen molar-refractivity contribution >= 4 is 45.0 Å². The second-order valence-electron chi connectivity index (χ2n) is 3.65. The summed E-state index contributed by atoms with van der Waals surface area (Å²) >= 11 is 14.8. The number of amides is 1. The van der Waals surface area contributed by atoms with Crippen LogP contribution in [0.4, 0.5) is 0 Å². The highest BCUT2D eigenvalue weighted by molar-refractivity contribution is 9.10. The second-order valence-corrected chi connectivity index (χ2v) is 5.35. The molecule has 0 spiro atoms. The van der Waals surface area contributed by atoms with Crippen LogP contribution in [0.1, 0.15) is 10.4 Å². The van der Waals surface area contributed by atoms with Gasteiger partial charge in [0.2, 0.25) is 0 Å². The third kappa shape index (κ3) is 4.76. The van der Waals surface area contributed by atoms with E-state index in [9.17, 15) is 4.79 Å². The van der Waals surface area contributed by atoms with Crippen LogP contribution < -0.4 is 0 Å². The third-order valence-corrected chi connectivity index (χ3v) is 3.26. The molecule has 0 atom stereocenters. The molecule has 0 unspecified atom stereocenters. The van der Waals surface area contributed by atoms with E-state index in [1.165, 1.54) is 0 Å². The summed E-state index contributed by atoms with van der Waals surface area (Å²) in [6, 6.07) is 5.19. The summed E-state index contributed by atoms with van der Waals surface area (Å²) in [6.07, 6.45) is 0. The van der Waals surface area contributed by atoms with Crippen LogP contribution in [0.2, 0.25) is 5.02 Å². The summed E-state index contributed by atoms with van der Waals surface area (Å²) in [4.78, 5) is 13.7. The van der Waals surface area contributed by atoms with Gasteiger partial charge in [-0.2, -0.15) is 0 Å². The van der Waals surface area contributed by atoms with Gasteiger partial charge in [-0.15, -0.1) is 11.6 Å². The number of halogens is 3. The van der Waals surface area contributed by atoms with Crippen LogP contribution in [-0.2, 0) is 4.74 Å². The molecule has 0 N–H and O–H groups in total. The van der Waals surface area contributed by atoms with Gasteiger partial charge >= 0.3 is 0 Å². The molecule has 0 saturated heterocycles. The minimum Gasteiger partial charge on any atom is -0.378 e. The highest BCUT2D eigenvalue weighted by Crippen LogP contribution is 2.22. The molecule has 0 fully saturated rings. The zero-order chi connectivity index (χ0) is 13.5. The molecule has 100 valence electrons. The number of hydrogen-bond acceptors (Lipinski definition) is 2. The van der Waals surface area contributed by atoms with Crippen molar-refractivity contribution in [2.24, 2.45) is 0 Å². The Hall–Kier alpha value is -0.290. The number of rotatable bonds is 6. The predicted molar refractivity (Wildman–Crippen MR) is 77.7 cm³/mol. The van der Waals surface area contributed by atoms with Crippen molar-refractivity contribution in [3.8, 4) is 0 Å². The maximum absolute atomic E-state index is 12.1. The average Bonchev–Trinajstić information content (AvgIpc) is 2.33. The first-order valence-electron chi connectivity index (χ1n) is 5.40. The van der Waals surface area contributed by atoms with E-state index in [2.05, 4.69) is 15.9 Å². The van der Waals surface area contributed by atoms with Crippen molar-refractivity contribution in [3.63, 3.8) is 0 Å². The Bertz CT molecular complexity index is 415. The predicted octanol–water partition coefficient (Wildman–Crippen LogP) is 3.43. The van der Waals surface area contributed by atoms with Crippen LogP contribution in [0.15, 0.2) is 22.7 Å². The van der Waals surface area contributed by atoms with Gasteiger partial charge in [-0.1, -0.05) is 27.5 Å². The summed E-state index contributed by atoms with van der Waals surface area (Å²) in [6.45, 7) is 1.45.